The normalized spacial score (nSPS) is 11.8. The van der Waals surface area contributed by atoms with Gasteiger partial charge in [0, 0.05) is 5.56 Å². The molecule has 0 atom stereocenters. The van der Waals surface area contributed by atoms with Gasteiger partial charge >= 0.3 is 0 Å². The molecule has 0 bridgehead atoms. The smallest absolute Gasteiger partial charge is 0.269 e. The quantitative estimate of drug-likeness (QED) is 0.268. The third-order valence-corrected chi connectivity index (χ3v) is 3.22. The average Bonchev–Trinajstić information content (AvgIpc) is 2.64. The molecule has 0 unspecified atom stereocenters. The predicted molar refractivity (Wildman–Crippen MR) is 97.8 cm³/mol. The van der Waals surface area contributed by atoms with Crippen LogP contribution in [0.1, 0.15) is 11.1 Å². The molecule has 0 heterocycles. The van der Waals surface area contributed by atoms with E-state index in [0.717, 1.165) is 5.56 Å². The van der Waals surface area contributed by atoms with E-state index in [0.29, 0.717) is 17.1 Å². The van der Waals surface area contributed by atoms with Crippen LogP contribution in [0.4, 0.5) is 0 Å². The summed E-state index contributed by atoms with van der Waals surface area (Å²) in [6, 6.07) is 9.62. The Labute approximate surface area is 150 Å². The monoisotopic (exact) mass is 358 g/mol. The molecule has 9 nitrogen and oxygen atoms in total. The topological polar surface area (TPSA) is 136 Å². The van der Waals surface area contributed by atoms with Crippen molar-refractivity contribution in [2.24, 2.45) is 15.9 Å². The van der Waals surface area contributed by atoms with Crippen molar-refractivity contribution in [3.63, 3.8) is 0 Å². The standard InChI is InChI=1S/C17H19N5O4/c1-25-15-7-11(3-5-13(15)23)9-19-21-17(18)22-20-10-12-4-6-14(24)16(8-12)26-2/h3-10,23-24H,1-2H3,(H3,18,21,22)/p+1/b19-9+,20-10+. The summed E-state index contributed by atoms with van der Waals surface area (Å²) in [5.41, 5.74) is 9.75. The van der Waals surface area contributed by atoms with E-state index in [-0.39, 0.29) is 17.5 Å². The highest BCUT2D eigenvalue weighted by molar-refractivity contribution is 5.83. The van der Waals surface area contributed by atoms with E-state index in [1.807, 2.05) is 0 Å². The Kier molecular flexibility index (Phi) is 6.38. The van der Waals surface area contributed by atoms with Crippen LogP contribution in [0.15, 0.2) is 46.6 Å². The number of hydrazine groups is 1. The predicted octanol–water partition coefficient (Wildman–Crippen LogP) is -0.532. The maximum Gasteiger partial charge on any atom is 0.269 e. The molecule has 0 saturated heterocycles. The van der Waals surface area contributed by atoms with E-state index in [1.165, 1.54) is 32.6 Å². The maximum absolute atomic E-state index is 9.54. The summed E-state index contributed by atoms with van der Waals surface area (Å²) in [4.78, 5) is 0. The summed E-state index contributed by atoms with van der Waals surface area (Å²) >= 11 is 0. The molecule has 2 aromatic rings. The largest absolute Gasteiger partial charge is 0.504 e. The molecule has 0 spiro atoms. The third kappa shape index (κ3) is 5.13. The van der Waals surface area contributed by atoms with Crippen molar-refractivity contribution in [1.82, 2.24) is 5.43 Å². The fraction of sp³-hybridized carbons (Fsp3) is 0.118. The lowest BCUT2D eigenvalue weighted by atomic mass is 10.2. The van der Waals surface area contributed by atoms with Crippen LogP contribution in [0.25, 0.3) is 0 Å². The van der Waals surface area contributed by atoms with Crippen LogP contribution in [0.2, 0.25) is 0 Å². The molecule has 0 aliphatic heterocycles. The van der Waals surface area contributed by atoms with Crippen molar-refractivity contribution < 1.29 is 24.8 Å². The highest BCUT2D eigenvalue weighted by Crippen LogP contribution is 2.26. The van der Waals surface area contributed by atoms with Gasteiger partial charge in [-0.25, -0.2) is 0 Å². The van der Waals surface area contributed by atoms with Gasteiger partial charge in [-0.2, -0.15) is 5.10 Å². The number of guanidine groups is 1. The van der Waals surface area contributed by atoms with Gasteiger partial charge < -0.3 is 25.4 Å². The lowest BCUT2D eigenvalue weighted by Gasteiger charge is -2.02. The number of ether oxygens (including phenoxy) is 2. The van der Waals surface area contributed by atoms with E-state index < -0.39 is 0 Å². The number of aromatic hydroxyl groups is 2. The summed E-state index contributed by atoms with van der Waals surface area (Å²) in [6.45, 7) is 0. The summed E-state index contributed by atoms with van der Waals surface area (Å²) in [5.74, 6) is 0.827. The molecule has 0 fully saturated rings. The number of phenolic OH excluding ortho intramolecular Hbond substituents is 2. The number of nitrogens with zero attached hydrogens (tertiary/aromatic N) is 2. The lowest BCUT2D eigenvalue weighted by molar-refractivity contribution is -0.500. The van der Waals surface area contributed by atoms with E-state index in [4.69, 9.17) is 15.2 Å². The van der Waals surface area contributed by atoms with E-state index >= 15 is 0 Å². The molecule has 0 aliphatic rings. The molecule has 2 rings (SSSR count). The van der Waals surface area contributed by atoms with Gasteiger partial charge in [-0.15, -0.1) is 15.6 Å². The number of methoxy groups -OCH3 is 2. The second-order valence-electron chi connectivity index (χ2n) is 5.01. The highest BCUT2D eigenvalue weighted by atomic mass is 16.5. The van der Waals surface area contributed by atoms with Crippen LogP contribution in [0.3, 0.4) is 0 Å². The molecule has 26 heavy (non-hydrogen) atoms. The maximum atomic E-state index is 9.54. The van der Waals surface area contributed by atoms with Gasteiger partial charge in [0.25, 0.3) is 5.96 Å². The summed E-state index contributed by atoms with van der Waals surface area (Å²) < 4.78 is 10.0. The van der Waals surface area contributed by atoms with Gasteiger partial charge in [-0.05, 0) is 42.0 Å². The molecule has 136 valence electrons. The van der Waals surface area contributed by atoms with Crippen molar-refractivity contribution in [2.45, 2.75) is 0 Å². The molecular weight excluding hydrogens is 338 g/mol. The summed E-state index contributed by atoms with van der Waals surface area (Å²) in [6.07, 6.45) is 3.07. The fourth-order valence-electron chi connectivity index (χ4n) is 1.93. The molecule has 2 aromatic carbocycles. The number of hydrogen-bond donors (Lipinski definition) is 5. The number of hydrazone groups is 1. The zero-order chi connectivity index (χ0) is 18.9. The molecule has 0 amide bonds. The van der Waals surface area contributed by atoms with Crippen LogP contribution in [0.5, 0.6) is 23.0 Å². The molecule has 6 N–H and O–H groups in total. The van der Waals surface area contributed by atoms with Gasteiger partial charge in [0.05, 0.1) is 20.4 Å². The van der Waals surface area contributed by atoms with Crippen molar-refractivity contribution in [1.29, 1.82) is 0 Å². The van der Waals surface area contributed by atoms with Crippen LogP contribution in [-0.4, -0.2) is 42.8 Å². The molecular formula is C17H20N5O4+. The first-order chi connectivity index (χ1) is 12.5. The Bertz CT molecular complexity index is 849. The van der Waals surface area contributed by atoms with Crippen molar-refractivity contribution in [2.75, 3.05) is 14.2 Å². The highest BCUT2D eigenvalue weighted by Gasteiger charge is 2.03. The number of benzene rings is 2. The minimum atomic E-state index is 0.0361. The van der Waals surface area contributed by atoms with Gasteiger partial charge in [0.15, 0.2) is 29.2 Å². The first-order valence-electron chi connectivity index (χ1n) is 7.48. The Morgan fingerprint density at radius 1 is 1.04 bits per heavy atom. The van der Waals surface area contributed by atoms with Crippen LogP contribution in [0, 0.1) is 0 Å². The van der Waals surface area contributed by atoms with Gasteiger partial charge in [-0.3, -0.25) is 0 Å². The average molecular weight is 358 g/mol. The number of rotatable bonds is 6. The summed E-state index contributed by atoms with van der Waals surface area (Å²) in [7, 11) is 2.93. The van der Waals surface area contributed by atoms with E-state index in [1.54, 1.807) is 30.5 Å². The molecule has 0 radical (unpaired) electrons. The zero-order valence-electron chi connectivity index (χ0n) is 14.3. The number of phenols is 2. The fourth-order valence-corrected chi connectivity index (χ4v) is 1.93. The van der Waals surface area contributed by atoms with E-state index in [9.17, 15) is 10.2 Å². The third-order valence-electron chi connectivity index (χ3n) is 3.22. The van der Waals surface area contributed by atoms with Crippen molar-refractivity contribution in [3.05, 3.63) is 47.5 Å². The lowest BCUT2D eigenvalue weighted by Crippen LogP contribution is -2.82. The van der Waals surface area contributed by atoms with Crippen LogP contribution >= 0.6 is 0 Å². The van der Waals surface area contributed by atoms with Crippen LogP contribution in [-0.2, 0) is 0 Å². The second kappa shape index (κ2) is 8.92. The Hall–Kier alpha value is -3.75. The van der Waals surface area contributed by atoms with Crippen LogP contribution < -0.4 is 25.7 Å². The summed E-state index contributed by atoms with van der Waals surface area (Å²) in [5, 5.41) is 29.4. The number of nitrogens with one attached hydrogen (secondary N) is 2. The molecule has 0 aliphatic carbocycles. The number of hydrogen-bond acceptors (Lipinski definition) is 6. The molecule has 0 saturated carbocycles. The minimum absolute atomic E-state index is 0.0361. The number of nitrogens with two attached hydrogens (primary N) is 1. The zero-order valence-corrected chi connectivity index (χ0v) is 14.3. The van der Waals surface area contributed by atoms with E-state index in [2.05, 4.69) is 20.7 Å². The van der Waals surface area contributed by atoms with Crippen molar-refractivity contribution in [3.8, 4) is 23.0 Å². The van der Waals surface area contributed by atoms with Crippen molar-refractivity contribution >= 4 is 18.4 Å². The molecule has 0 aromatic heterocycles. The van der Waals surface area contributed by atoms with Gasteiger partial charge in [0.2, 0.25) is 0 Å². The van der Waals surface area contributed by atoms with Gasteiger partial charge in [-0.1, -0.05) is 0 Å². The Morgan fingerprint density at radius 3 is 2.23 bits per heavy atom. The minimum Gasteiger partial charge on any atom is -0.504 e. The first kappa shape index (κ1) is 18.6. The second-order valence-corrected chi connectivity index (χ2v) is 5.01. The SMILES string of the molecule is COc1cc(/C=N/N=C(\N)N/[NH+]=C/c2ccc(O)c(OC)c2)ccc1O. The Morgan fingerprint density at radius 2 is 1.62 bits per heavy atom. The first-order valence-corrected chi connectivity index (χ1v) is 7.48. The van der Waals surface area contributed by atoms with Gasteiger partial charge in [0.1, 0.15) is 0 Å². The molecule has 9 heteroatoms. The Balaban J connectivity index is 1.95.